The van der Waals surface area contributed by atoms with Crippen molar-refractivity contribution in [1.82, 2.24) is 4.98 Å². The summed E-state index contributed by atoms with van der Waals surface area (Å²) < 4.78 is 5.04. The summed E-state index contributed by atoms with van der Waals surface area (Å²) >= 11 is 0. The Kier molecular flexibility index (Phi) is 6.46. The molecule has 0 spiro atoms. The van der Waals surface area contributed by atoms with Gasteiger partial charge >= 0.3 is 5.97 Å². The van der Waals surface area contributed by atoms with Gasteiger partial charge in [0, 0.05) is 13.1 Å². The normalized spacial score (nSPS) is 11.0. The van der Waals surface area contributed by atoms with Crippen molar-refractivity contribution in [1.29, 1.82) is 0 Å². The smallest absolute Gasteiger partial charge is 0.340 e. The van der Waals surface area contributed by atoms with E-state index in [2.05, 4.69) is 37.6 Å². The first-order valence-corrected chi connectivity index (χ1v) is 7.52. The van der Waals surface area contributed by atoms with Crippen molar-refractivity contribution in [3.05, 3.63) is 17.8 Å². The van der Waals surface area contributed by atoms with Gasteiger partial charge in [0.25, 0.3) is 0 Å². The molecule has 0 saturated heterocycles. The number of anilines is 2. The minimum atomic E-state index is -0.396. The number of carbonyl (C=O) groups is 1. The number of hydrogen-bond donors (Lipinski definition) is 1. The van der Waals surface area contributed by atoms with Crippen molar-refractivity contribution in [3.63, 3.8) is 0 Å². The molecule has 21 heavy (non-hydrogen) atoms. The number of carbonyl (C=O) groups excluding carboxylic acids is 1. The van der Waals surface area contributed by atoms with Crippen LogP contribution in [0.1, 0.15) is 45.0 Å². The highest BCUT2D eigenvalue weighted by molar-refractivity contribution is 5.95. The number of hydrogen-bond acceptors (Lipinski definition) is 5. The summed E-state index contributed by atoms with van der Waals surface area (Å²) in [4.78, 5) is 18.5. The van der Waals surface area contributed by atoms with E-state index in [0.717, 1.165) is 18.9 Å². The number of esters is 1. The van der Waals surface area contributed by atoms with Crippen molar-refractivity contribution in [3.8, 4) is 0 Å². The molecule has 1 aromatic heterocycles. The third kappa shape index (κ3) is 5.25. The van der Waals surface area contributed by atoms with Gasteiger partial charge in [0.1, 0.15) is 5.82 Å². The zero-order chi connectivity index (χ0) is 16.0. The second kappa shape index (κ2) is 7.86. The van der Waals surface area contributed by atoms with E-state index in [1.165, 1.54) is 6.20 Å². The van der Waals surface area contributed by atoms with Crippen LogP contribution in [0.15, 0.2) is 12.3 Å². The monoisotopic (exact) mass is 293 g/mol. The van der Waals surface area contributed by atoms with Gasteiger partial charge in [-0.25, -0.2) is 9.78 Å². The molecule has 5 nitrogen and oxygen atoms in total. The van der Waals surface area contributed by atoms with Crippen LogP contribution in [0.5, 0.6) is 0 Å². The highest BCUT2D eigenvalue weighted by Gasteiger charge is 2.17. The quantitative estimate of drug-likeness (QED) is 0.783. The summed E-state index contributed by atoms with van der Waals surface area (Å²) in [6.45, 7) is 12.5. The molecule has 1 heterocycles. The molecule has 0 saturated carbocycles. The van der Waals surface area contributed by atoms with E-state index in [9.17, 15) is 4.79 Å². The summed E-state index contributed by atoms with van der Waals surface area (Å²) in [5, 5.41) is 0. The SMILES string of the molecule is CCOC(=O)c1cc(N(CC(C)C)CC(C)C)ncc1N. The predicted molar refractivity (Wildman–Crippen MR) is 86.5 cm³/mol. The fraction of sp³-hybridized carbons (Fsp3) is 0.625. The molecule has 0 unspecified atom stereocenters. The zero-order valence-corrected chi connectivity index (χ0v) is 13.7. The molecule has 1 rings (SSSR count). The summed E-state index contributed by atoms with van der Waals surface area (Å²) in [6, 6.07) is 1.73. The van der Waals surface area contributed by atoms with Crippen LogP contribution >= 0.6 is 0 Å². The van der Waals surface area contributed by atoms with Crippen LogP contribution in [-0.2, 0) is 4.74 Å². The number of nitrogens with two attached hydrogens (primary N) is 1. The van der Waals surface area contributed by atoms with Gasteiger partial charge in [0.15, 0.2) is 0 Å². The third-order valence-electron chi connectivity index (χ3n) is 2.91. The van der Waals surface area contributed by atoms with E-state index in [-0.39, 0.29) is 0 Å². The average Bonchev–Trinajstić information content (AvgIpc) is 2.37. The Morgan fingerprint density at radius 2 is 1.86 bits per heavy atom. The van der Waals surface area contributed by atoms with Crippen molar-refractivity contribution >= 4 is 17.5 Å². The van der Waals surface area contributed by atoms with Crippen LogP contribution in [0.4, 0.5) is 11.5 Å². The highest BCUT2D eigenvalue weighted by atomic mass is 16.5. The van der Waals surface area contributed by atoms with Crippen LogP contribution < -0.4 is 10.6 Å². The zero-order valence-electron chi connectivity index (χ0n) is 13.7. The first-order chi connectivity index (χ1) is 9.85. The number of nitrogen functional groups attached to an aromatic ring is 1. The van der Waals surface area contributed by atoms with Gasteiger partial charge in [0.05, 0.1) is 24.1 Å². The molecular formula is C16H27N3O2. The minimum Gasteiger partial charge on any atom is -0.462 e. The molecule has 0 aliphatic rings. The maximum Gasteiger partial charge on any atom is 0.340 e. The molecule has 0 fully saturated rings. The van der Waals surface area contributed by atoms with E-state index in [1.54, 1.807) is 13.0 Å². The molecule has 5 heteroatoms. The molecule has 0 amide bonds. The number of pyridine rings is 1. The van der Waals surface area contributed by atoms with Gasteiger partial charge in [-0.2, -0.15) is 0 Å². The maximum absolute atomic E-state index is 11.9. The Morgan fingerprint density at radius 1 is 1.29 bits per heavy atom. The Morgan fingerprint density at radius 3 is 2.33 bits per heavy atom. The molecule has 0 aromatic carbocycles. The standard InChI is InChI=1S/C16H27N3O2/c1-6-21-16(20)13-7-15(18-8-14(13)17)19(9-11(2)3)10-12(4)5/h7-8,11-12H,6,9-10,17H2,1-5H3. The van der Waals surface area contributed by atoms with Crippen LogP contribution in [0.25, 0.3) is 0 Å². The van der Waals surface area contributed by atoms with E-state index >= 15 is 0 Å². The van der Waals surface area contributed by atoms with E-state index < -0.39 is 5.97 Å². The molecule has 0 aliphatic heterocycles. The molecule has 0 bridgehead atoms. The average molecular weight is 293 g/mol. The van der Waals surface area contributed by atoms with Gasteiger partial charge in [-0.05, 0) is 24.8 Å². The number of rotatable bonds is 7. The largest absolute Gasteiger partial charge is 0.462 e. The van der Waals surface area contributed by atoms with E-state index in [1.807, 2.05) is 0 Å². The van der Waals surface area contributed by atoms with E-state index in [0.29, 0.717) is 29.7 Å². The van der Waals surface area contributed by atoms with Gasteiger partial charge in [-0.15, -0.1) is 0 Å². The fourth-order valence-electron chi connectivity index (χ4n) is 2.16. The summed E-state index contributed by atoms with van der Waals surface area (Å²) in [7, 11) is 0. The second-order valence-corrected chi connectivity index (χ2v) is 6.04. The lowest BCUT2D eigenvalue weighted by Gasteiger charge is -2.27. The van der Waals surface area contributed by atoms with Crippen LogP contribution in [0.3, 0.4) is 0 Å². The van der Waals surface area contributed by atoms with Gasteiger partial charge in [-0.1, -0.05) is 27.7 Å². The molecule has 0 atom stereocenters. The summed E-state index contributed by atoms with van der Waals surface area (Å²) in [6.07, 6.45) is 1.54. The second-order valence-electron chi connectivity index (χ2n) is 6.04. The summed E-state index contributed by atoms with van der Waals surface area (Å²) in [5.74, 6) is 1.39. The number of nitrogens with zero attached hydrogens (tertiary/aromatic N) is 2. The number of ether oxygens (including phenoxy) is 1. The Bertz CT molecular complexity index is 463. The molecule has 0 radical (unpaired) electrons. The van der Waals surface area contributed by atoms with Gasteiger partial charge < -0.3 is 15.4 Å². The Balaban J connectivity index is 3.08. The Labute approximate surface area is 127 Å². The van der Waals surface area contributed by atoms with Crippen molar-refractivity contribution in [2.24, 2.45) is 11.8 Å². The first kappa shape index (κ1) is 17.3. The summed E-state index contributed by atoms with van der Waals surface area (Å²) in [5.41, 5.74) is 6.58. The molecule has 118 valence electrons. The van der Waals surface area contributed by atoms with Crippen LogP contribution in [-0.4, -0.2) is 30.6 Å². The van der Waals surface area contributed by atoms with Gasteiger partial charge in [-0.3, -0.25) is 0 Å². The third-order valence-corrected chi connectivity index (χ3v) is 2.91. The van der Waals surface area contributed by atoms with Gasteiger partial charge in [0.2, 0.25) is 0 Å². The molecule has 2 N–H and O–H groups in total. The number of aromatic nitrogens is 1. The molecule has 1 aromatic rings. The lowest BCUT2D eigenvalue weighted by Crippen LogP contribution is -2.32. The predicted octanol–water partition coefficient (Wildman–Crippen LogP) is 2.96. The minimum absolute atomic E-state index is 0.331. The highest BCUT2D eigenvalue weighted by Crippen LogP contribution is 2.21. The Hall–Kier alpha value is -1.78. The van der Waals surface area contributed by atoms with Crippen molar-refractivity contribution in [2.45, 2.75) is 34.6 Å². The van der Waals surface area contributed by atoms with Crippen molar-refractivity contribution in [2.75, 3.05) is 30.3 Å². The topological polar surface area (TPSA) is 68.5 Å². The lowest BCUT2D eigenvalue weighted by atomic mass is 10.1. The maximum atomic E-state index is 11.9. The van der Waals surface area contributed by atoms with Crippen LogP contribution in [0, 0.1) is 11.8 Å². The lowest BCUT2D eigenvalue weighted by molar-refractivity contribution is 0.0527. The van der Waals surface area contributed by atoms with E-state index in [4.69, 9.17) is 10.5 Å². The fourth-order valence-corrected chi connectivity index (χ4v) is 2.16. The molecular weight excluding hydrogens is 266 g/mol. The first-order valence-electron chi connectivity index (χ1n) is 7.52. The molecule has 0 aliphatic carbocycles. The van der Waals surface area contributed by atoms with Crippen molar-refractivity contribution < 1.29 is 9.53 Å². The van der Waals surface area contributed by atoms with Crippen LogP contribution in [0.2, 0.25) is 0 Å².